The highest BCUT2D eigenvalue weighted by Crippen LogP contribution is 2.36. The number of rotatable bonds is 3. The van der Waals surface area contributed by atoms with Crippen molar-refractivity contribution in [2.45, 2.75) is 23.1 Å². The molecular weight excluding hydrogens is 280 g/mol. The van der Waals surface area contributed by atoms with Crippen LogP contribution in [0.15, 0.2) is 53.4 Å². The molecule has 0 radical (unpaired) electrons. The first-order chi connectivity index (χ1) is 10.3. The molecule has 0 bridgehead atoms. The molecule has 0 saturated heterocycles. The summed E-state index contributed by atoms with van der Waals surface area (Å²) >= 11 is 1.63. The number of fused-ring (bicyclic) bond motifs is 1. The molecule has 1 heterocycles. The second-order valence-electron chi connectivity index (χ2n) is 4.94. The van der Waals surface area contributed by atoms with Crippen molar-refractivity contribution in [2.24, 2.45) is 0 Å². The Morgan fingerprint density at radius 3 is 2.71 bits per heavy atom. The molecule has 3 rings (SSSR count). The summed E-state index contributed by atoms with van der Waals surface area (Å²) in [5.74, 6) is 0.0700. The summed E-state index contributed by atoms with van der Waals surface area (Å²) in [5, 5.41) is 11.7. The minimum Gasteiger partial charge on any atom is -0.351 e. The monoisotopic (exact) mass is 294 g/mol. The maximum Gasteiger partial charge on any atom is 0.234 e. The third-order valence-electron chi connectivity index (χ3n) is 3.49. The molecule has 1 N–H and O–H groups in total. The molecule has 21 heavy (non-hydrogen) atoms. The first-order valence-electron chi connectivity index (χ1n) is 6.77. The fourth-order valence-corrected chi connectivity index (χ4v) is 3.55. The zero-order chi connectivity index (χ0) is 14.7. The summed E-state index contributed by atoms with van der Waals surface area (Å²) in [5.41, 5.74) is 2.88. The maximum absolute atomic E-state index is 12.2. The van der Waals surface area contributed by atoms with Crippen LogP contribution in [0.5, 0.6) is 0 Å². The number of hydrogen-bond acceptors (Lipinski definition) is 3. The van der Waals surface area contributed by atoms with Crippen molar-refractivity contribution >= 4 is 17.7 Å². The molecule has 1 unspecified atom stereocenters. The summed E-state index contributed by atoms with van der Waals surface area (Å²) in [7, 11) is 0. The number of nitriles is 1. The molecule has 3 nitrogen and oxygen atoms in total. The van der Waals surface area contributed by atoms with Crippen LogP contribution >= 0.6 is 11.8 Å². The molecule has 0 aromatic heterocycles. The molecule has 0 spiro atoms. The Bertz CT molecular complexity index is 678. The van der Waals surface area contributed by atoms with Gasteiger partial charge in [-0.05, 0) is 35.7 Å². The molecule has 1 atom stereocenters. The van der Waals surface area contributed by atoms with E-state index in [4.69, 9.17) is 5.26 Å². The summed E-state index contributed by atoms with van der Waals surface area (Å²) < 4.78 is 0. The highest BCUT2D eigenvalue weighted by atomic mass is 32.2. The number of benzene rings is 2. The van der Waals surface area contributed by atoms with E-state index in [1.807, 2.05) is 24.3 Å². The third kappa shape index (κ3) is 3.09. The SMILES string of the molecule is N#Cc1ccc(CNC(=O)C2Cc3ccccc3S2)cc1. The van der Waals surface area contributed by atoms with E-state index in [1.165, 1.54) is 10.5 Å². The average molecular weight is 294 g/mol. The average Bonchev–Trinajstić information content (AvgIpc) is 2.97. The van der Waals surface area contributed by atoms with Crippen molar-refractivity contribution < 1.29 is 4.79 Å². The molecule has 1 aliphatic rings. The van der Waals surface area contributed by atoms with Crippen molar-refractivity contribution in [3.63, 3.8) is 0 Å². The number of thioether (sulfide) groups is 1. The predicted molar refractivity (Wildman–Crippen MR) is 82.8 cm³/mol. The van der Waals surface area contributed by atoms with Gasteiger partial charge in [0.05, 0.1) is 16.9 Å². The Balaban J connectivity index is 1.57. The summed E-state index contributed by atoms with van der Waals surface area (Å²) in [6.45, 7) is 0.498. The van der Waals surface area contributed by atoms with Crippen LogP contribution in [-0.4, -0.2) is 11.2 Å². The van der Waals surface area contributed by atoms with Gasteiger partial charge < -0.3 is 5.32 Å². The Hall–Kier alpha value is -2.25. The molecule has 4 heteroatoms. The molecule has 0 saturated carbocycles. The van der Waals surface area contributed by atoms with E-state index in [0.29, 0.717) is 12.1 Å². The van der Waals surface area contributed by atoms with Crippen LogP contribution in [0.1, 0.15) is 16.7 Å². The zero-order valence-electron chi connectivity index (χ0n) is 11.4. The van der Waals surface area contributed by atoms with E-state index in [2.05, 4.69) is 23.5 Å². The molecule has 104 valence electrons. The van der Waals surface area contributed by atoms with E-state index in [9.17, 15) is 4.79 Å². The summed E-state index contributed by atoms with van der Waals surface area (Å²) in [4.78, 5) is 13.4. The molecule has 1 aliphatic heterocycles. The van der Waals surface area contributed by atoms with E-state index in [-0.39, 0.29) is 11.2 Å². The van der Waals surface area contributed by atoms with Crippen LogP contribution < -0.4 is 5.32 Å². The lowest BCUT2D eigenvalue weighted by Crippen LogP contribution is -2.31. The third-order valence-corrected chi connectivity index (χ3v) is 4.81. The van der Waals surface area contributed by atoms with Crippen LogP contribution in [0.4, 0.5) is 0 Å². The Morgan fingerprint density at radius 2 is 2.00 bits per heavy atom. The van der Waals surface area contributed by atoms with Gasteiger partial charge in [0, 0.05) is 11.4 Å². The lowest BCUT2D eigenvalue weighted by Gasteiger charge is -2.10. The van der Waals surface area contributed by atoms with Crippen LogP contribution in [0.2, 0.25) is 0 Å². The van der Waals surface area contributed by atoms with Gasteiger partial charge in [0.25, 0.3) is 0 Å². The van der Waals surface area contributed by atoms with Crippen LogP contribution in [0, 0.1) is 11.3 Å². The van der Waals surface area contributed by atoms with Crippen molar-refractivity contribution in [1.82, 2.24) is 5.32 Å². The topological polar surface area (TPSA) is 52.9 Å². The van der Waals surface area contributed by atoms with Crippen molar-refractivity contribution in [3.8, 4) is 6.07 Å². The number of nitrogens with one attached hydrogen (secondary N) is 1. The van der Waals surface area contributed by atoms with Crippen molar-refractivity contribution in [2.75, 3.05) is 0 Å². The molecule has 0 fully saturated rings. The molecule has 0 aliphatic carbocycles. The quantitative estimate of drug-likeness (QED) is 0.947. The maximum atomic E-state index is 12.2. The number of hydrogen-bond donors (Lipinski definition) is 1. The molecule has 1 amide bonds. The highest BCUT2D eigenvalue weighted by molar-refractivity contribution is 8.01. The Kier molecular flexibility index (Phi) is 3.94. The fraction of sp³-hybridized carbons (Fsp3) is 0.176. The number of carbonyl (C=O) groups is 1. The fourth-order valence-electron chi connectivity index (χ4n) is 2.33. The van der Waals surface area contributed by atoms with Crippen molar-refractivity contribution in [3.05, 3.63) is 65.2 Å². The van der Waals surface area contributed by atoms with E-state index < -0.39 is 0 Å². The normalized spacial score (nSPS) is 16.0. The molecule has 2 aromatic rings. The first kappa shape index (κ1) is 13.7. The van der Waals surface area contributed by atoms with Crippen molar-refractivity contribution in [1.29, 1.82) is 5.26 Å². The Morgan fingerprint density at radius 1 is 1.24 bits per heavy atom. The summed E-state index contributed by atoms with van der Waals surface area (Å²) in [6.07, 6.45) is 0.792. The smallest absolute Gasteiger partial charge is 0.234 e. The van der Waals surface area contributed by atoms with Crippen LogP contribution in [0.3, 0.4) is 0 Å². The van der Waals surface area contributed by atoms with Gasteiger partial charge in [0.1, 0.15) is 0 Å². The lowest BCUT2D eigenvalue weighted by atomic mass is 10.1. The zero-order valence-corrected chi connectivity index (χ0v) is 12.2. The van der Waals surface area contributed by atoms with Gasteiger partial charge in [0.2, 0.25) is 5.91 Å². The molecular formula is C17H14N2OS. The van der Waals surface area contributed by atoms with Gasteiger partial charge in [-0.25, -0.2) is 0 Å². The van der Waals surface area contributed by atoms with Gasteiger partial charge >= 0.3 is 0 Å². The molecule has 2 aromatic carbocycles. The van der Waals surface area contributed by atoms with Gasteiger partial charge in [-0.3, -0.25) is 4.79 Å². The number of amides is 1. The number of nitrogens with zero attached hydrogens (tertiary/aromatic N) is 1. The van der Waals surface area contributed by atoms with Gasteiger partial charge in [0.15, 0.2) is 0 Å². The van der Waals surface area contributed by atoms with E-state index >= 15 is 0 Å². The lowest BCUT2D eigenvalue weighted by molar-refractivity contribution is -0.120. The standard InChI is InChI=1S/C17H14N2OS/c18-10-12-5-7-13(8-6-12)11-19-17(20)16-9-14-3-1-2-4-15(14)21-16/h1-8,16H,9,11H2,(H,19,20). The first-order valence-corrected chi connectivity index (χ1v) is 7.65. The predicted octanol–water partition coefficient (Wildman–Crippen LogP) is 2.89. The summed E-state index contributed by atoms with van der Waals surface area (Å²) in [6, 6.07) is 17.5. The Labute approximate surface area is 128 Å². The second kappa shape index (κ2) is 6.02. The largest absolute Gasteiger partial charge is 0.351 e. The minimum atomic E-state index is -0.0409. The second-order valence-corrected chi connectivity index (χ2v) is 6.19. The van der Waals surface area contributed by atoms with Gasteiger partial charge in [-0.1, -0.05) is 30.3 Å². The van der Waals surface area contributed by atoms with E-state index in [0.717, 1.165) is 12.0 Å². The van der Waals surface area contributed by atoms with Gasteiger partial charge in [-0.2, -0.15) is 5.26 Å². The van der Waals surface area contributed by atoms with E-state index in [1.54, 1.807) is 23.9 Å². The highest BCUT2D eigenvalue weighted by Gasteiger charge is 2.27. The van der Waals surface area contributed by atoms with Crippen LogP contribution in [-0.2, 0) is 17.8 Å². The van der Waals surface area contributed by atoms with Gasteiger partial charge in [-0.15, -0.1) is 11.8 Å². The van der Waals surface area contributed by atoms with Crippen LogP contribution in [0.25, 0.3) is 0 Å². The number of carbonyl (C=O) groups excluding carboxylic acids is 1. The minimum absolute atomic E-state index is 0.0409.